The Kier molecular flexibility index (Phi) is 5.95. The van der Waals surface area contributed by atoms with E-state index in [1.807, 2.05) is 19.1 Å². The SMILES string of the molecule is CCOc1cc(CBr)ccc1OCCS(C)(=O)=O. The first-order valence-corrected chi connectivity index (χ1v) is 8.76. The summed E-state index contributed by atoms with van der Waals surface area (Å²) in [5.41, 5.74) is 1.08. The summed E-state index contributed by atoms with van der Waals surface area (Å²) in [6.45, 7) is 2.56. The van der Waals surface area contributed by atoms with Gasteiger partial charge in [-0.3, -0.25) is 0 Å². The highest BCUT2D eigenvalue weighted by molar-refractivity contribution is 9.08. The number of ether oxygens (including phenoxy) is 2. The Morgan fingerprint density at radius 3 is 2.50 bits per heavy atom. The Morgan fingerprint density at radius 1 is 1.22 bits per heavy atom. The average molecular weight is 337 g/mol. The lowest BCUT2D eigenvalue weighted by Crippen LogP contribution is -2.12. The molecule has 6 heteroatoms. The third-order valence-electron chi connectivity index (χ3n) is 2.17. The summed E-state index contributed by atoms with van der Waals surface area (Å²) in [5, 5.41) is 0.733. The Labute approximate surface area is 116 Å². The zero-order chi connectivity index (χ0) is 13.6. The number of hydrogen-bond donors (Lipinski definition) is 0. The van der Waals surface area contributed by atoms with E-state index in [4.69, 9.17) is 9.47 Å². The van der Waals surface area contributed by atoms with E-state index >= 15 is 0 Å². The molecule has 1 aromatic carbocycles. The third kappa shape index (κ3) is 5.27. The number of benzene rings is 1. The normalized spacial score (nSPS) is 11.3. The number of halogens is 1. The molecule has 0 heterocycles. The maximum atomic E-state index is 11.0. The number of sulfone groups is 1. The van der Waals surface area contributed by atoms with Crippen molar-refractivity contribution >= 4 is 25.8 Å². The molecule has 1 rings (SSSR count). The van der Waals surface area contributed by atoms with Gasteiger partial charge in [-0.05, 0) is 24.6 Å². The lowest BCUT2D eigenvalue weighted by atomic mass is 10.2. The summed E-state index contributed by atoms with van der Waals surface area (Å²) in [7, 11) is -3.01. The van der Waals surface area contributed by atoms with Gasteiger partial charge in [0, 0.05) is 11.6 Å². The van der Waals surface area contributed by atoms with Gasteiger partial charge in [-0.15, -0.1) is 0 Å². The van der Waals surface area contributed by atoms with Crippen molar-refractivity contribution in [2.75, 3.05) is 25.2 Å². The highest BCUT2D eigenvalue weighted by Crippen LogP contribution is 2.29. The van der Waals surface area contributed by atoms with Gasteiger partial charge >= 0.3 is 0 Å². The monoisotopic (exact) mass is 336 g/mol. The number of alkyl halides is 1. The molecule has 0 bridgehead atoms. The van der Waals surface area contributed by atoms with Crippen molar-refractivity contribution in [3.8, 4) is 11.5 Å². The van der Waals surface area contributed by atoms with Gasteiger partial charge in [-0.25, -0.2) is 8.42 Å². The molecule has 4 nitrogen and oxygen atoms in total. The van der Waals surface area contributed by atoms with Crippen LogP contribution in [0.2, 0.25) is 0 Å². The molecule has 0 aliphatic heterocycles. The minimum atomic E-state index is -3.01. The van der Waals surface area contributed by atoms with Crippen molar-refractivity contribution in [2.24, 2.45) is 0 Å². The highest BCUT2D eigenvalue weighted by Gasteiger charge is 2.08. The standard InChI is InChI=1S/C12H17BrO4S/c1-3-16-12-8-10(9-13)4-5-11(12)17-6-7-18(2,14)15/h4-5,8H,3,6-7,9H2,1-2H3. The number of hydrogen-bond acceptors (Lipinski definition) is 4. The Bertz CT molecular complexity index is 485. The van der Waals surface area contributed by atoms with Gasteiger partial charge in [0.2, 0.25) is 0 Å². The van der Waals surface area contributed by atoms with Crippen LogP contribution in [0.4, 0.5) is 0 Å². The lowest BCUT2D eigenvalue weighted by molar-refractivity contribution is 0.288. The smallest absolute Gasteiger partial charge is 0.161 e. The maximum absolute atomic E-state index is 11.0. The molecule has 0 fully saturated rings. The molecule has 0 aromatic heterocycles. The van der Waals surface area contributed by atoms with E-state index in [1.165, 1.54) is 6.26 Å². The lowest BCUT2D eigenvalue weighted by Gasteiger charge is -2.12. The van der Waals surface area contributed by atoms with E-state index in [0.717, 1.165) is 10.9 Å². The van der Waals surface area contributed by atoms with Gasteiger partial charge in [-0.2, -0.15) is 0 Å². The molecule has 0 unspecified atom stereocenters. The summed E-state index contributed by atoms with van der Waals surface area (Å²) >= 11 is 3.37. The zero-order valence-corrected chi connectivity index (χ0v) is 12.9. The molecule has 0 amide bonds. The highest BCUT2D eigenvalue weighted by atomic mass is 79.9. The van der Waals surface area contributed by atoms with Crippen molar-refractivity contribution < 1.29 is 17.9 Å². The van der Waals surface area contributed by atoms with E-state index in [0.29, 0.717) is 18.1 Å². The van der Waals surface area contributed by atoms with E-state index < -0.39 is 9.84 Å². The predicted octanol–water partition coefficient (Wildman–Crippen LogP) is 2.40. The third-order valence-corrected chi connectivity index (χ3v) is 3.73. The fourth-order valence-electron chi connectivity index (χ4n) is 1.33. The number of rotatable bonds is 7. The molecular formula is C12H17BrO4S. The first-order valence-electron chi connectivity index (χ1n) is 5.58. The van der Waals surface area contributed by atoms with Crippen LogP contribution < -0.4 is 9.47 Å². The molecule has 0 spiro atoms. The van der Waals surface area contributed by atoms with Crippen LogP contribution in [0, 0.1) is 0 Å². The Hall–Kier alpha value is -0.750. The molecule has 102 valence electrons. The molecule has 0 saturated heterocycles. The molecular weight excluding hydrogens is 320 g/mol. The van der Waals surface area contributed by atoms with Crippen LogP contribution in [-0.2, 0) is 15.2 Å². The van der Waals surface area contributed by atoms with Crippen LogP contribution in [0.5, 0.6) is 11.5 Å². The van der Waals surface area contributed by atoms with Gasteiger partial charge in [0.25, 0.3) is 0 Å². The summed E-state index contributed by atoms with van der Waals surface area (Å²) in [5.74, 6) is 1.21. The van der Waals surface area contributed by atoms with E-state index in [-0.39, 0.29) is 12.4 Å². The molecule has 18 heavy (non-hydrogen) atoms. The quantitative estimate of drug-likeness (QED) is 0.717. The van der Waals surface area contributed by atoms with Crippen molar-refractivity contribution in [1.29, 1.82) is 0 Å². The summed E-state index contributed by atoms with van der Waals surface area (Å²) in [6.07, 6.45) is 1.19. The van der Waals surface area contributed by atoms with Gasteiger partial charge in [0.05, 0.1) is 12.4 Å². The van der Waals surface area contributed by atoms with Crippen LogP contribution >= 0.6 is 15.9 Å². The summed E-state index contributed by atoms with van der Waals surface area (Å²) in [4.78, 5) is 0. The van der Waals surface area contributed by atoms with Crippen LogP contribution in [0.1, 0.15) is 12.5 Å². The van der Waals surface area contributed by atoms with E-state index in [9.17, 15) is 8.42 Å². The Morgan fingerprint density at radius 2 is 1.94 bits per heavy atom. The molecule has 0 N–H and O–H groups in total. The van der Waals surface area contributed by atoms with Crippen LogP contribution in [-0.4, -0.2) is 33.6 Å². The topological polar surface area (TPSA) is 52.6 Å². The van der Waals surface area contributed by atoms with Crippen LogP contribution in [0.15, 0.2) is 18.2 Å². The fraction of sp³-hybridized carbons (Fsp3) is 0.500. The molecule has 1 aromatic rings. The molecule has 0 saturated carbocycles. The zero-order valence-electron chi connectivity index (χ0n) is 10.5. The van der Waals surface area contributed by atoms with Gasteiger partial charge in [0.1, 0.15) is 6.61 Å². The van der Waals surface area contributed by atoms with Crippen molar-refractivity contribution in [1.82, 2.24) is 0 Å². The predicted molar refractivity (Wildman–Crippen MR) is 75.4 cm³/mol. The second-order valence-corrected chi connectivity index (χ2v) is 6.65. The molecule has 0 aliphatic carbocycles. The summed E-state index contributed by atoms with van der Waals surface area (Å²) in [6, 6.07) is 5.59. The van der Waals surface area contributed by atoms with Gasteiger partial charge in [-0.1, -0.05) is 22.0 Å². The average Bonchev–Trinajstić information content (AvgIpc) is 2.29. The first kappa shape index (κ1) is 15.3. The molecule has 0 atom stereocenters. The second kappa shape index (κ2) is 6.99. The van der Waals surface area contributed by atoms with Gasteiger partial charge in [0.15, 0.2) is 21.3 Å². The second-order valence-electron chi connectivity index (χ2n) is 3.83. The van der Waals surface area contributed by atoms with Crippen LogP contribution in [0.25, 0.3) is 0 Å². The summed E-state index contributed by atoms with van der Waals surface area (Å²) < 4.78 is 32.9. The van der Waals surface area contributed by atoms with Crippen LogP contribution in [0.3, 0.4) is 0 Å². The first-order chi connectivity index (χ1) is 8.46. The Balaban J connectivity index is 2.74. The van der Waals surface area contributed by atoms with Crippen molar-refractivity contribution in [2.45, 2.75) is 12.3 Å². The van der Waals surface area contributed by atoms with Gasteiger partial charge < -0.3 is 9.47 Å². The molecule has 0 radical (unpaired) electrons. The maximum Gasteiger partial charge on any atom is 0.161 e. The molecule has 0 aliphatic rings. The minimum Gasteiger partial charge on any atom is -0.490 e. The van der Waals surface area contributed by atoms with Crippen molar-refractivity contribution in [3.05, 3.63) is 23.8 Å². The fourth-order valence-corrected chi connectivity index (χ4v) is 2.06. The van der Waals surface area contributed by atoms with E-state index in [2.05, 4.69) is 15.9 Å². The largest absolute Gasteiger partial charge is 0.490 e. The minimum absolute atomic E-state index is 0.00123. The van der Waals surface area contributed by atoms with Crippen molar-refractivity contribution in [3.63, 3.8) is 0 Å². The van der Waals surface area contributed by atoms with E-state index in [1.54, 1.807) is 6.07 Å².